The number of hydrogen-bond acceptors (Lipinski definition) is 5. The molecule has 2 aromatic carbocycles. The average Bonchev–Trinajstić information content (AvgIpc) is 2.66. The molecule has 0 bridgehead atoms. The molecule has 0 fully saturated rings. The third-order valence-corrected chi connectivity index (χ3v) is 3.51. The third-order valence-electron chi connectivity index (χ3n) is 3.51. The molecule has 0 aliphatic carbocycles. The summed E-state index contributed by atoms with van der Waals surface area (Å²) in [6.45, 7) is 3.79. The minimum atomic E-state index is -0.336. The molecule has 0 saturated carbocycles. The van der Waals surface area contributed by atoms with Gasteiger partial charge in [0, 0.05) is 0 Å². The van der Waals surface area contributed by atoms with Gasteiger partial charge < -0.3 is 14.9 Å². The highest BCUT2D eigenvalue weighted by atomic mass is 16.5. The van der Waals surface area contributed by atoms with Crippen LogP contribution < -0.4 is 4.74 Å². The van der Waals surface area contributed by atoms with Crippen molar-refractivity contribution in [2.45, 2.75) is 6.42 Å². The normalized spacial score (nSPS) is 11.0. The highest BCUT2D eigenvalue weighted by molar-refractivity contribution is 6.10. The van der Waals surface area contributed by atoms with E-state index in [2.05, 4.69) is 6.58 Å². The summed E-state index contributed by atoms with van der Waals surface area (Å²) in [6.07, 6.45) is 7.10. The van der Waals surface area contributed by atoms with Gasteiger partial charge in [-0.1, -0.05) is 43.0 Å². The van der Waals surface area contributed by atoms with Crippen molar-refractivity contribution in [1.82, 2.24) is 0 Å². The number of hydrogen-bond donors (Lipinski definition) is 2. The van der Waals surface area contributed by atoms with Gasteiger partial charge in [0.15, 0.2) is 23.1 Å². The van der Waals surface area contributed by atoms with Crippen molar-refractivity contribution in [2.75, 3.05) is 6.61 Å². The highest BCUT2D eigenvalue weighted by Gasteiger charge is 2.05. The molecule has 0 radical (unpaired) electrons. The molecule has 0 heterocycles. The van der Waals surface area contributed by atoms with Crippen molar-refractivity contribution >= 4 is 23.7 Å². The second-order valence-corrected chi connectivity index (χ2v) is 5.69. The van der Waals surface area contributed by atoms with Gasteiger partial charge in [0.2, 0.25) is 0 Å². The molecule has 5 heteroatoms. The molecule has 0 amide bonds. The quantitative estimate of drug-likeness (QED) is 0.400. The highest BCUT2D eigenvalue weighted by Crippen LogP contribution is 2.27. The molecule has 0 unspecified atom stereocenters. The summed E-state index contributed by atoms with van der Waals surface area (Å²) >= 11 is 0. The summed E-state index contributed by atoms with van der Waals surface area (Å²) < 4.78 is 5.31. The van der Waals surface area contributed by atoms with Crippen LogP contribution in [0.5, 0.6) is 17.2 Å². The molecule has 0 aliphatic rings. The Morgan fingerprint density at radius 2 is 1.52 bits per heavy atom. The lowest BCUT2D eigenvalue weighted by atomic mass is 10.1. The number of benzene rings is 2. The van der Waals surface area contributed by atoms with Crippen molar-refractivity contribution in [2.24, 2.45) is 0 Å². The number of carbonyl (C=O) groups is 2. The molecular weight excluding hydrogens is 344 g/mol. The number of phenols is 2. The SMILES string of the molecule is C=CCOc1cc(/C=C/C(=O)CC(=O)/C=C/c2ccc(O)cc2)ccc1O. The Labute approximate surface area is 157 Å². The van der Waals surface area contributed by atoms with Gasteiger partial charge in [-0.3, -0.25) is 9.59 Å². The van der Waals surface area contributed by atoms with Gasteiger partial charge in [-0.25, -0.2) is 0 Å². The van der Waals surface area contributed by atoms with Crippen LogP contribution in [-0.2, 0) is 9.59 Å². The van der Waals surface area contributed by atoms with Gasteiger partial charge in [-0.05, 0) is 47.5 Å². The molecule has 5 nitrogen and oxygen atoms in total. The van der Waals surface area contributed by atoms with Gasteiger partial charge >= 0.3 is 0 Å². The number of phenolic OH excluding ortho intramolecular Hbond substituents is 2. The Morgan fingerprint density at radius 3 is 2.15 bits per heavy atom. The van der Waals surface area contributed by atoms with Crippen LogP contribution >= 0.6 is 0 Å². The first kappa shape index (κ1) is 19.7. The van der Waals surface area contributed by atoms with Gasteiger partial charge in [0.25, 0.3) is 0 Å². The van der Waals surface area contributed by atoms with Gasteiger partial charge in [0.1, 0.15) is 12.4 Å². The molecule has 2 aromatic rings. The van der Waals surface area contributed by atoms with Gasteiger partial charge in [-0.2, -0.15) is 0 Å². The summed E-state index contributed by atoms with van der Waals surface area (Å²) in [5, 5.41) is 18.9. The molecule has 2 rings (SSSR count). The molecule has 0 spiro atoms. The van der Waals surface area contributed by atoms with Crippen molar-refractivity contribution < 1.29 is 24.5 Å². The van der Waals surface area contributed by atoms with Crippen LogP contribution in [0.1, 0.15) is 17.5 Å². The smallest absolute Gasteiger partial charge is 0.163 e. The summed E-state index contributed by atoms with van der Waals surface area (Å²) in [6, 6.07) is 11.1. The Balaban J connectivity index is 1.93. The Bertz CT molecular complexity index is 876. The third kappa shape index (κ3) is 6.66. The zero-order valence-electron chi connectivity index (χ0n) is 14.7. The zero-order chi connectivity index (χ0) is 19.6. The Kier molecular flexibility index (Phi) is 7.14. The van der Waals surface area contributed by atoms with E-state index < -0.39 is 0 Å². The second kappa shape index (κ2) is 9.77. The first-order chi connectivity index (χ1) is 13.0. The maximum absolute atomic E-state index is 11.9. The van der Waals surface area contributed by atoms with Crippen LogP contribution in [0.4, 0.5) is 0 Å². The van der Waals surface area contributed by atoms with E-state index >= 15 is 0 Å². The topological polar surface area (TPSA) is 83.8 Å². The minimum Gasteiger partial charge on any atom is -0.508 e. The fraction of sp³-hybridized carbons (Fsp3) is 0.0909. The molecule has 0 atom stereocenters. The van der Waals surface area contributed by atoms with Crippen molar-refractivity contribution in [3.05, 3.63) is 78.4 Å². The molecule has 2 N–H and O–H groups in total. The maximum atomic E-state index is 11.9. The van der Waals surface area contributed by atoms with Crippen LogP contribution in [0.2, 0.25) is 0 Å². The van der Waals surface area contributed by atoms with Crippen LogP contribution in [0, 0.1) is 0 Å². The standard InChI is InChI=1S/C22H20O5/c1-2-13-27-22-14-17(7-12-21(22)26)6-11-20(25)15-19(24)10-5-16-3-8-18(23)9-4-16/h2-12,14,23,26H,1,13,15H2/b10-5+,11-6+. The largest absolute Gasteiger partial charge is 0.508 e. The number of ketones is 2. The van der Waals surface area contributed by atoms with Crippen LogP contribution in [0.3, 0.4) is 0 Å². The van der Waals surface area contributed by atoms with Crippen molar-refractivity contribution in [3.8, 4) is 17.2 Å². The lowest BCUT2D eigenvalue weighted by molar-refractivity contribution is -0.121. The molecule has 138 valence electrons. The number of aromatic hydroxyl groups is 2. The van der Waals surface area contributed by atoms with Crippen molar-refractivity contribution in [3.63, 3.8) is 0 Å². The summed E-state index contributed by atoms with van der Waals surface area (Å²) in [4.78, 5) is 23.8. The summed E-state index contributed by atoms with van der Waals surface area (Å²) in [7, 11) is 0. The van der Waals surface area contributed by atoms with Crippen LogP contribution in [-0.4, -0.2) is 28.4 Å². The Hall–Kier alpha value is -3.60. The first-order valence-corrected chi connectivity index (χ1v) is 8.25. The zero-order valence-corrected chi connectivity index (χ0v) is 14.7. The fourth-order valence-corrected chi connectivity index (χ4v) is 2.15. The second-order valence-electron chi connectivity index (χ2n) is 5.69. The molecule has 0 aliphatic heterocycles. The van der Waals surface area contributed by atoms with E-state index in [0.29, 0.717) is 5.56 Å². The number of allylic oxidation sites excluding steroid dienone is 2. The molecule has 0 aromatic heterocycles. The molecule has 27 heavy (non-hydrogen) atoms. The van der Waals surface area contributed by atoms with E-state index in [1.54, 1.807) is 42.5 Å². The van der Waals surface area contributed by atoms with E-state index in [9.17, 15) is 19.8 Å². The van der Waals surface area contributed by atoms with E-state index in [0.717, 1.165) is 5.56 Å². The lowest BCUT2D eigenvalue weighted by Gasteiger charge is -2.06. The average molecular weight is 364 g/mol. The molecule has 0 saturated heterocycles. The van der Waals surface area contributed by atoms with E-state index in [1.165, 1.54) is 30.4 Å². The number of carbonyl (C=O) groups excluding carboxylic acids is 2. The van der Waals surface area contributed by atoms with Crippen LogP contribution in [0.15, 0.2) is 67.3 Å². The molecular formula is C22H20O5. The van der Waals surface area contributed by atoms with Gasteiger partial charge in [0.05, 0.1) is 6.42 Å². The lowest BCUT2D eigenvalue weighted by Crippen LogP contribution is -2.01. The van der Waals surface area contributed by atoms with Crippen molar-refractivity contribution in [1.29, 1.82) is 0 Å². The predicted octanol–water partition coefficient (Wildman–Crippen LogP) is 3.92. The van der Waals surface area contributed by atoms with E-state index in [-0.39, 0.29) is 41.8 Å². The van der Waals surface area contributed by atoms with Gasteiger partial charge in [-0.15, -0.1) is 0 Å². The first-order valence-electron chi connectivity index (χ1n) is 8.25. The maximum Gasteiger partial charge on any atom is 0.163 e. The van der Waals surface area contributed by atoms with E-state index in [1.807, 2.05) is 0 Å². The summed E-state index contributed by atoms with van der Waals surface area (Å²) in [5.41, 5.74) is 1.41. The number of rotatable bonds is 9. The summed E-state index contributed by atoms with van der Waals surface area (Å²) in [5.74, 6) is -0.228. The Morgan fingerprint density at radius 1 is 0.926 bits per heavy atom. The van der Waals surface area contributed by atoms with Crippen LogP contribution in [0.25, 0.3) is 12.2 Å². The predicted molar refractivity (Wildman–Crippen MR) is 105 cm³/mol. The van der Waals surface area contributed by atoms with E-state index in [4.69, 9.17) is 4.74 Å². The monoisotopic (exact) mass is 364 g/mol. The number of ether oxygens (including phenoxy) is 1. The minimum absolute atomic E-state index is 0.00475. The fourth-order valence-electron chi connectivity index (χ4n) is 2.15.